The summed E-state index contributed by atoms with van der Waals surface area (Å²) in [5.74, 6) is -0.577. The van der Waals surface area contributed by atoms with Crippen molar-refractivity contribution in [1.82, 2.24) is 24.3 Å². The zero-order chi connectivity index (χ0) is 22.0. The van der Waals surface area contributed by atoms with Crippen molar-refractivity contribution < 1.29 is 9.21 Å². The number of anilines is 1. The number of ketones is 1. The molecule has 3 heterocycles. The Morgan fingerprint density at radius 2 is 1.94 bits per heavy atom. The standard InChI is InChI=1S/C20H18N6O4S/c1-25-18(28)15(16(21)26(20(25)29)10-12-6-3-2-4-7-12)14(27)11-31-19-24-23-17(30-19)13-8-5-9-22-13/h2-9,22H,10-11,21H2,1H3. The Morgan fingerprint density at radius 1 is 1.16 bits per heavy atom. The van der Waals surface area contributed by atoms with Crippen LogP contribution in [-0.4, -0.2) is 35.9 Å². The largest absolute Gasteiger partial charge is 0.410 e. The normalized spacial score (nSPS) is 11.0. The number of nitrogen functional groups attached to an aromatic ring is 1. The van der Waals surface area contributed by atoms with Crippen LogP contribution in [0.1, 0.15) is 15.9 Å². The molecule has 0 aliphatic carbocycles. The number of carbonyl (C=O) groups excluding carboxylic acids is 1. The number of thioether (sulfide) groups is 1. The molecule has 0 atom stereocenters. The predicted octanol–water partition coefficient (Wildman–Crippen LogP) is 1.53. The summed E-state index contributed by atoms with van der Waals surface area (Å²) in [5, 5.41) is 7.98. The van der Waals surface area contributed by atoms with E-state index >= 15 is 0 Å². The van der Waals surface area contributed by atoms with Crippen molar-refractivity contribution in [3.63, 3.8) is 0 Å². The van der Waals surface area contributed by atoms with Crippen molar-refractivity contribution >= 4 is 23.4 Å². The number of aromatic amines is 1. The molecule has 0 bridgehead atoms. The van der Waals surface area contributed by atoms with Gasteiger partial charge in [-0.1, -0.05) is 42.1 Å². The van der Waals surface area contributed by atoms with Crippen LogP contribution in [0.5, 0.6) is 0 Å². The second kappa shape index (κ2) is 8.48. The van der Waals surface area contributed by atoms with Gasteiger partial charge < -0.3 is 15.1 Å². The summed E-state index contributed by atoms with van der Waals surface area (Å²) in [7, 11) is 1.32. The zero-order valence-electron chi connectivity index (χ0n) is 16.4. The van der Waals surface area contributed by atoms with Gasteiger partial charge in [0.25, 0.3) is 16.7 Å². The van der Waals surface area contributed by atoms with Crippen LogP contribution >= 0.6 is 11.8 Å². The summed E-state index contributed by atoms with van der Waals surface area (Å²) in [5.41, 5.74) is 5.99. The molecule has 1 aromatic carbocycles. The van der Waals surface area contributed by atoms with Crippen molar-refractivity contribution in [3.8, 4) is 11.6 Å². The van der Waals surface area contributed by atoms with Gasteiger partial charge in [0.2, 0.25) is 0 Å². The molecular weight excluding hydrogens is 420 g/mol. The molecule has 4 aromatic rings. The van der Waals surface area contributed by atoms with Gasteiger partial charge in [-0.25, -0.2) is 4.79 Å². The highest BCUT2D eigenvalue weighted by atomic mass is 32.2. The monoisotopic (exact) mass is 438 g/mol. The lowest BCUT2D eigenvalue weighted by Crippen LogP contribution is -2.43. The second-order valence-corrected chi connectivity index (χ2v) is 7.57. The first-order valence-corrected chi connectivity index (χ1v) is 10.2. The average Bonchev–Trinajstić information content (AvgIpc) is 3.46. The van der Waals surface area contributed by atoms with E-state index in [9.17, 15) is 14.4 Å². The molecule has 31 heavy (non-hydrogen) atoms. The van der Waals surface area contributed by atoms with E-state index in [0.717, 1.165) is 21.9 Å². The fraction of sp³-hybridized carbons (Fsp3) is 0.150. The average molecular weight is 438 g/mol. The van der Waals surface area contributed by atoms with Crippen LogP contribution in [0.3, 0.4) is 0 Å². The van der Waals surface area contributed by atoms with Crippen LogP contribution in [0.15, 0.2) is 67.9 Å². The Labute approximate surface area is 179 Å². The highest BCUT2D eigenvalue weighted by Gasteiger charge is 2.22. The van der Waals surface area contributed by atoms with Gasteiger partial charge in [-0.3, -0.25) is 18.7 Å². The molecule has 11 heteroatoms. The lowest BCUT2D eigenvalue weighted by atomic mass is 10.2. The molecule has 10 nitrogen and oxygen atoms in total. The van der Waals surface area contributed by atoms with Crippen LogP contribution in [-0.2, 0) is 13.6 Å². The summed E-state index contributed by atoms with van der Waals surface area (Å²) in [6, 6.07) is 12.7. The van der Waals surface area contributed by atoms with Gasteiger partial charge in [0.05, 0.1) is 12.3 Å². The van der Waals surface area contributed by atoms with E-state index in [-0.39, 0.29) is 34.8 Å². The maximum Gasteiger partial charge on any atom is 0.332 e. The molecule has 0 radical (unpaired) electrons. The Balaban J connectivity index is 1.59. The summed E-state index contributed by atoms with van der Waals surface area (Å²) >= 11 is 0.984. The number of nitrogens with two attached hydrogens (primary N) is 1. The number of aromatic nitrogens is 5. The van der Waals surface area contributed by atoms with Crippen LogP contribution in [0.2, 0.25) is 0 Å². The van der Waals surface area contributed by atoms with Gasteiger partial charge in [-0.05, 0) is 17.7 Å². The Kier molecular flexibility index (Phi) is 5.58. The number of nitrogens with zero attached hydrogens (tertiary/aromatic N) is 4. The first-order chi connectivity index (χ1) is 15.0. The number of hydrogen-bond acceptors (Lipinski definition) is 8. The van der Waals surface area contributed by atoms with Gasteiger partial charge in [-0.15, -0.1) is 10.2 Å². The van der Waals surface area contributed by atoms with Crippen LogP contribution in [0, 0.1) is 0 Å². The summed E-state index contributed by atoms with van der Waals surface area (Å²) in [6.45, 7) is 0.135. The quantitative estimate of drug-likeness (QED) is 0.327. The minimum absolute atomic E-state index is 0.135. The lowest BCUT2D eigenvalue weighted by molar-refractivity contribution is 0.102. The van der Waals surface area contributed by atoms with E-state index in [1.54, 1.807) is 18.3 Å². The van der Waals surface area contributed by atoms with Crippen LogP contribution < -0.4 is 17.0 Å². The zero-order valence-corrected chi connectivity index (χ0v) is 17.3. The van der Waals surface area contributed by atoms with Crippen molar-refractivity contribution in [2.45, 2.75) is 11.8 Å². The van der Waals surface area contributed by atoms with Gasteiger partial charge >= 0.3 is 5.69 Å². The molecule has 0 fully saturated rings. The molecule has 4 rings (SSSR count). The van der Waals surface area contributed by atoms with Crippen molar-refractivity contribution in [3.05, 3.63) is 80.6 Å². The number of nitrogens with one attached hydrogen (secondary N) is 1. The topological polar surface area (TPSA) is 142 Å². The minimum Gasteiger partial charge on any atom is -0.410 e. The summed E-state index contributed by atoms with van der Waals surface area (Å²) in [6.07, 6.45) is 1.72. The van der Waals surface area contributed by atoms with Crippen molar-refractivity contribution in [2.24, 2.45) is 7.05 Å². The highest BCUT2D eigenvalue weighted by Crippen LogP contribution is 2.23. The van der Waals surface area contributed by atoms with Gasteiger partial charge in [-0.2, -0.15) is 0 Å². The maximum absolute atomic E-state index is 12.8. The molecule has 0 aliphatic rings. The van der Waals surface area contributed by atoms with Crippen molar-refractivity contribution in [1.29, 1.82) is 0 Å². The number of H-pyrrole nitrogens is 1. The van der Waals surface area contributed by atoms with Gasteiger partial charge in [0.1, 0.15) is 17.1 Å². The molecule has 3 aromatic heterocycles. The number of carbonyl (C=O) groups is 1. The first kappa shape index (κ1) is 20.4. The third-order valence-electron chi connectivity index (χ3n) is 4.61. The van der Waals surface area contributed by atoms with E-state index in [0.29, 0.717) is 5.69 Å². The highest BCUT2D eigenvalue weighted by molar-refractivity contribution is 7.99. The Morgan fingerprint density at radius 3 is 2.65 bits per heavy atom. The second-order valence-electron chi connectivity index (χ2n) is 6.65. The molecule has 0 spiro atoms. The van der Waals surface area contributed by atoms with Crippen LogP contribution in [0.4, 0.5) is 5.82 Å². The first-order valence-electron chi connectivity index (χ1n) is 9.22. The minimum atomic E-state index is -0.741. The van der Waals surface area contributed by atoms with Crippen molar-refractivity contribution in [2.75, 3.05) is 11.5 Å². The van der Waals surface area contributed by atoms with Gasteiger partial charge in [0, 0.05) is 13.2 Å². The number of rotatable bonds is 7. The number of benzene rings is 1. The SMILES string of the molecule is Cn1c(=O)c(C(=O)CSc2nnc(-c3ccc[nH]3)o2)c(N)n(Cc2ccccc2)c1=O. The fourth-order valence-corrected chi connectivity index (χ4v) is 3.64. The Hall–Kier alpha value is -3.86. The molecular formula is C20H18N6O4S. The lowest BCUT2D eigenvalue weighted by Gasteiger charge is -2.14. The van der Waals surface area contributed by atoms with Crippen LogP contribution in [0.25, 0.3) is 11.6 Å². The number of Topliss-reactive ketones (excluding diaryl/α,β-unsaturated/α-hetero) is 1. The molecule has 0 saturated carbocycles. The third-order valence-corrected chi connectivity index (χ3v) is 5.43. The smallest absolute Gasteiger partial charge is 0.332 e. The maximum atomic E-state index is 12.8. The summed E-state index contributed by atoms with van der Waals surface area (Å²) in [4.78, 5) is 41.0. The molecule has 0 saturated heterocycles. The molecule has 3 N–H and O–H groups in total. The van der Waals surface area contributed by atoms with E-state index in [1.165, 1.54) is 11.6 Å². The molecule has 0 unspecified atom stereocenters. The van der Waals surface area contributed by atoms with E-state index in [1.807, 2.05) is 30.3 Å². The Bertz CT molecular complexity index is 1340. The van der Waals surface area contributed by atoms with Gasteiger partial charge in [0.15, 0.2) is 5.78 Å². The molecule has 158 valence electrons. The van der Waals surface area contributed by atoms with E-state index in [4.69, 9.17) is 10.2 Å². The summed E-state index contributed by atoms with van der Waals surface area (Å²) < 4.78 is 7.60. The predicted molar refractivity (Wildman–Crippen MR) is 115 cm³/mol. The number of hydrogen-bond donors (Lipinski definition) is 2. The third kappa shape index (κ3) is 4.08. The fourth-order valence-electron chi connectivity index (χ4n) is 3.00. The molecule has 0 aliphatic heterocycles. The van der Waals surface area contributed by atoms with E-state index in [2.05, 4.69) is 15.2 Å². The molecule has 0 amide bonds. The van der Waals surface area contributed by atoms with E-state index < -0.39 is 17.0 Å².